The van der Waals surface area contributed by atoms with Crippen LogP contribution >= 0.6 is 15.9 Å². The van der Waals surface area contributed by atoms with Gasteiger partial charge in [0.2, 0.25) is 0 Å². The predicted molar refractivity (Wildman–Crippen MR) is 134 cm³/mol. The molecule has 0 unspecified atom stereocenters. The molecule has 1 N–H and O–H groups in total. The van der Waals surface area contributed by atoms with Gasteiger partial charge in [-0.2, -0.15) is 5.10 Å². The minimum atomic E-state index is -0.513. The number of hydrazone groups is 1. The van der Waals surface area contributed by atoms with Crippen molar-refractivity contribution in [3.05, 3.63) is 87.9 Å². The Morgan fingerprint density at radius 3 is 2.50 bits per heavy atom. The lowest BCUT2D eigenvalue weighted by Crippen LogP contribution is -2.17. The molecule has 0 fully saturated rings. The number of esters is 1. The molecule has 0 radical (unpaired) electrons. The maximum Gasteiger partial charge on any atom is 0.343 e. The summed E-state index contributed by atoms with van der Waals surface area (Å²) in [5.74, 6) is 0.484. The van der Waals surface area contributed by atoms with Crippen LogP contribution < -0.4 is 19.6 Å². The number of hydrogen-bond donors (Lipinski definition) is 1. The molecule has 3 aromatic carbocycles. The number of carbonyl (C=O) groups excluding carboxylic acids is 2. The highest BCUT2D eigenvalue weighted by molar-refractivity contribution is 9.10. The molecule has 8 heteroatoms. The summed E-state index contributed by atoms with van der Waals surface area (Å²) in [4.78, 5) is 24.7. The monoisotopic (exact) mass is 524 g/mol. The summed E-state index contributed by atoms with van der Waals surface area (Å²) in [6.45, 7) is 2.74. The van der Waals surface area contributed by atoms with Crippen LogP contribution in [0.5, 0.6) is 17.2 Å². The number of unbranched alkanes of at least 4 members (excludes halogenated alkanes) is 1. The molecule has 0 heterocycles. The third-order valence-corrected chi connectivity index (χ3v) is 5.21. The van der Waals surface area contributed by atoms with Crippen molar-refractivity contribution < 1.29 is 23.8 Å². The number of amides is 1. The number of halogens is 1. The number of methoxy groups -OCH3 is 1. The van der Waals surface area contributed by atoms with Crippen molar-refractivity contribution in [3.8, 4) is 17.2 Å². The highest BCUT2D eigenvalue weighted by atomic mass is 79.9. The average Bonchev–Trinajstić information content (AvgIpc) is 2.85. The Morgan fingerprint density at radius 1 is 1.00 bits per heavy atom. The van der Waals surface area contributed by atoms with Gasteiger partial charge in [-0.15, -0.1) is 0 Å². The number of nitrogens with one attached hydrogen (secondary N) is 1. The van der Waals surface area contributed by atoms with Crippen LogP contribution in [0.2, 0.25) is 0 Å². The van der Waals surface area contributed by atoms with Gasteiger partial charge in [0.25, 0.3) is 5.91 Å². The van der Waals surface area contributed by atoms with E-state index in [1.54, 1.807) is 60.7 Å². The van der Waals surface area contributed by atoms with Gasteiger partial charge in [0.05, 0.1) is 25.5 Å². The topological polar surface area (TPSA) is 86.2 Å². The number of carbonyl (C=O) groups is 2. The molecular formula is C26H25BrN2O5. The van der Waals surface area contributed by atoms with Crippen molar-refractivity contribution >= 4 is 34.0 Å². The van der Waals surface area contributed by atoms with Crippen molar-refractivity contribution in [1.82, 2.24) is 5.43 Å². The SMILES string of the molecule is CCCCOc1ccc(C(=O)Oc2ccc(C=NNC(=O)c3cccc(Br)c3)cc2OC)cc1. The number of nitrogens with zero attached hydrogens (tertiary/aromatic N) is 1. The molecule has 7 nitrogen and oxygen atoms in total. The largest absolute Gasteiger partial charge is 0.494 e. The summed E-state index contributed by atoms with van der Waals surface area (Å²) >= 11 is 3.33. The van der Waals surface area contributed by atoms with E-state index in [4.69, 9.17) is 14.2 Å². The van der Waals surface area contributed by atoms with E-state index in [0.29, 0.717) is 34.8 Å². The first-order chi connectivity index (χ1) is 16.5. The molecular weight excluding hydrogens is 500 g/mol. The molecule has 0 spiro atoms. The summed E-state index contributed by atoms with van der Waals surface area (Å²) in [6.07, 6.45) is 3.50. The normalized spacial score (nSPS) is 10.7. The van der Waals surface area contributed by atoms with Gasteiger partial charge in [0.1, 0.15) is 5.75 Å². The van der Waals surface area contributed by atoms with Crippen molar-refractivity contribution in [3.63, 3.8) is 0 Å². The first-order valence-electron chi connectivity index (χ1n) is 10.7. The van der Waals surface area contributed by atoms with Crippen LogP contribution in [0.1, 0.15) is 46.0 Å². The zero-order valence-electron chi connectivity index (χ0n) is 18.9. The zero-order chi connectivity index (χ0) is 24.3. The van der Waals surface area contributed by atoms with Crippen LogP contribution in [-0.4, -0.2) is 31.8 Å². The number of rotatable bonds is 10. The van der Waals surface area contributed by atoms with Crippen LogP contribution in [0, 0.1) is 0 Å². The fourth-order valence-corrected chi connectivity index (χ4v) is 3.29. The minimum Gasteiger partial charge on any atom is -0.494 e. The van der Waals surface area contributed by atoms with E-state index in [1.165, 1.54) is 13.3 Å². The smallest absolute Gasteiger partial charge is 0.343 e. The maximum atomic E-state index is 12.5. The van der Waals surface area contributed by atoms with Gasteiger partial charge in [-0.25, -0.2) is 10.2 Å². The van der Waals surface area contributed by atoms with Crippen LogP contribution in [0.25, 0.3) is 0 Å². The standard InChI is InChI=1S/C26H25BrN2O5/c1-3-4-14-33-22-11-9-19(10-12-22)26(31)34-23-13-8-18(15-24(23)32-2)17-28-29-25(30)20-6-5-7-21(27)16-20/h5-13,15-17H,3-4,14H2,1-2H3,(H,29,30). The Kier molecular flexibility index (Phi) is 9.22. The van der Waals surface area contributed by atoms with Crippen molar-refractivity contribution in [2.75, 3.05) is 13.7 Å². The molecule has 0 saturated heterocycles. The van der Waals surface area contributed by atoms with E-state index >= 15 is 0 Å². The fraction of sp³-hybridized carbons (Fsp3) is 0.192. The average molecular weight is 525 g/mol. The summed E-state index contributed by atoms with van der Waals surface area (Å²) < 4.78 is 17.3. The summed E-state index contributed by atoms with van der Waals surface area (Å²) in [5, 5.41) is 3.98. The van der Waals surface area contributed by atoms with Crippen LogP contribution in [0.4, 0.5) is 0 Å². The number of ether oxygens (including phenoxy) is 3. The van der Waals surface area contributed by atoms with E-state index in [1.807, 2.05) is 6.07 Å². The summed E-state index contributed by atoms with van der Waals surface area (Å²) in [5.41, 5.74) is 4.00. The minimum absolute atomic E-state index is 0.270. The first kappa shape index (κ1) is 25.0. The van der Waals surface area contributed by atoms with E-state index in [-0.39, 0.29) is 11.7 Å². The first-order valence-corrected chi connectivity index (χ1v) is 11.5. The Hall–Kier alpha value is -3.65. The molecule has 3 rings (SSSR count). The van der Waals surface area contributed by atoms with Crippen LogP contribution in [0.3, 0.4) is 0 Å². The molecule has 34 heavy (non-hydrogen) atoms. The highest BCUT2D eigenvalue weighted by Gasteiger charge is 2.13. The lowest BCUT2D eigenvalue weighted by atomic mass is 10.2. The maximum absolute atomic E-state index is 12.5. The van der Waals surface area contributed by atoms with E-state index < -0.39 is 5.97 Å². The second kappa shape index (κ2) is 12.6. The Balaban J connectivity index is 1.61. The number of hydrogen-bond acceptors (Lipinski definition) is 6. The predicted octanol–water partition coefficient (Wildman–Crippen LogP) is 5.62. The lowest BCUT2D eigenvalue weighted by molar-refractivity contribution is 0.0729. The highest BCUT2D eigenvalue weighted by Crippen LogP contribution is 2.28. The van der Waals surface area contributed by atoms with Crippen molar-refractivity contribution in [2.24, 2.45) is 5.10 Å². The summed E-state index contributed by atoms with van der Waals surface area (Å²) in [7, 11) is 1.48. The second-order valence-corrected chi connectivity index (χ2v) is 8.15. The van der Waals surface area contributed by atoms with Gasteiger partial charge < -0.3 is 14.2 Å². The van der Waals surface area contributed by atoms with Crippen LogP contribution in [-0.2, 0) is 0 Å². The van der Waals surface area contributed by atoms with Gasteiger partial charge in [-0.3, -0.25) is 4.79 Å². The number of benzene rings is 3. The molecule has 1 amide bonds. The molecule has 176 valence electrons. The van der Waals surface area contributed by atoms with E-state index in [2.05, 4.69) is 33.4 Å². The van der Waals surface area contributed by atoms with E-state index in [9.17, 15) is 9.59 Å². The molecule has 3 aromatic rings. The lowest BCUT2D eigenvalue weighted by Gasteiger charge is -2.10. The van der Waals surface area contributed by atoms with Gasteiger partial charge in [0.15, 0.2) is 11.5 Å². The Bertz CT molecular complexity index is 1160. The molecule has 0 aliphatic carbocycles. The van der Waals surface area contributed by atoms with Gasteiger partial charge in [-0.05, 0) is 72.6 Å². The molecule has 0 aliphatic heterocycles. The van der Waals surface area contributed by atoms with Crippen molar-refractivity contribution in [1.29, 1.82) is 0 Å². The van der Waals surface area contributed by atoms with Crippen LogP contribution in [0.15, 0.2) is 76.3 Å². The third kappa shape index (κ3) is 7.18. The fourth-order valence-electron chi connectivity index (χ4n) is 2.89. The molecule has 0 saturated carbocycles. The Labute approximate surface area is 206 Å². The van der Waals surface area contributed by atoms with Gasteiger partial charge >= 0.3 is 5.97 Å². The molecule has 0 aromatic heterocycles. The van der Waals surface area contributed by atoms with Gasteiger partial charge in [-0.1, -0.05) is 35.3 Å². The van der Waals surface area contributed by atoms with Crippen molar-refractivity contribution in [2.45, 2.75) is 19.8 Å². The Morgan fingerprint density at radius 2 is 1.79 bits per heavy atom. The van der Waals surface area contributed by atoms with E-state index in [0.717, 1.165) is 17.3 Å². The second-order valence-electron chi connectivity index (χ2n) is 7.24. The molecule has 0 aliphatic rings. The third-order valence-electron chi connectivity index (χ3n) is 4.71. The zero-order valence-corrected chi connectivity index (χ0v) is 20.5. The summed E-state index contributed by atoms with van der Waals surface area (Å²) in [6, 6.07) is 18.7. The molecule has 0 bridgehead atoms. The quantitative estimate of drug-likeness (QED) is 0.122. The van der Waals surface area contributed by atoms with Gasteiger partial charge in [0, 0.05) is 10.0 Å². The molecule has 0 atom stereocenters.